The lowest BCUT2D eigenvalue weighted by Crippen LogP contribution is -2.51. The van der Waals surface area contributed by atoms with Gasteiger partial charge in [-0.1, -0.05) is 0 Å². The molecular formula is C52H66F4N10O8S2. The summed E-state index contributed by atoms with van der Waals surface area (Å²) in [6, 6.07) is 18.9. The molecular weight excluding hydrogens is 1030 g/mol. The number of aromatic nitrogens is 4. The molecule has 4 N–H and O–H groups in total. The summed E-state index contributed by atoms with van der Waals surface area (Å²) in [7, 11) is -5.19. The van der Waals surface area contributed by atoms with Gasteiger partial charge in [0.1, 0.15) is 0 Å². The number of ether oxygens (including phenoxy) is 2. The monoisotopic (exact) mass is 1100 g/mol. The number of nitrogen functional groups attached to an aromatic ring is 1. The molecule has 2 fully saturated rings. The number of nitrogens with zero attached hydrogens (tertiary/aromatic N) is 7. The number of halogens is 4. The zero-order chi connectivity index (χ0) is 55.5. The summed E-state index contributed by atoms with van der Waals surface area (Å²) in [5.74, 6) is -6.64. The molecule has 0 radical (unpaired) electrons. The first kappa shape index (κ1) is 57.2. The van der Waals surface area contributed by atoms with E-state index in [1.165, 1.54) is 79.3 Å². The number of fused-ring (bicyclic) bond motifs is 2. The topological polar surface area (TPSA) is 216 Å². The van der Waals surface area contributed by atoms with E-state index in [2.05, 4.69) is 20.6 Å². The Hall–Kier alpha value is -6.50. The molecule has 4 aromatic carbocycles. The highest BCUT2D eigenvalue weighted by Crippen LogP contribution is 2.36. The fourth-order valence-corrected chi connectivity index (χ4v) is 11.4. The lowest BCUT2D eigenvalue weighted by Gasteiger charge is -2.25. The Balaban J connectivity index is 0.000000232. The van der Waals surface area contributed by atoms with E-state index < -0.39 is 44.0 Å². The van der Waals surface area contributed by atoms with Gasteiger partial charge in [-0.2, -0.15) is 17.6 Å². The van der Waals surface area contributed by atoms with Crippen molar-refractivity contribution in [2.24, 2.45) is 11.8 Å². The van der Waals surface area contributed by atoms with Crippen molar-refractivity contribution in [3.05, 3.63) is 96.6 Å². The predicted octanol–water partition coefficient (Wildman–Crippen LogP) is 9.42. The van der Waals surface area contributed by atoms with Crippen molar-refractivity contribution in [1.29, 1.82) is 0 Å². The summed E-state index contributed by atoms with van der Waals surface area (Å²) < 4.78 is 127. The van der Waals surface area contributed by atoms with Crippen molar-refractivity contribution in [3.63, 3.8) is 0 Å². The molecule has 0 unspecified atom stereocenters. The quantitative estimate of drug-likeness (QED) is 0.0650. The molecule has 2 aromatic heterocycles. The van der Waals surface area contributed by atoms with E-state index >= 15 is 0 Å². The maximum atomic E-state index is 14.6. The van der Waals surface area contributed by atoms with Gasteiger partial charge >= 0.3 is 23.9 Å². The van der Waals surface area contributed by atoms with Crippen LogP contribution in [0.25, 0.3) is 22.1 Å². The van der Waals surface area contributed by atoms with E-state index in [9.17, 15) is 44.0 Å². The van der Waals surface area contributed by atoms with Crippen LogP contribution in [0.5, 0.6) is 0 Å². The van der Waals surface area contributed by atoms with E-state index in [1.807, 2.05) is 0 Å². The van der Waals surface area contributed by atoms with Crippen LogP contribution >= 0.6 is 0 Å². The maximum Gasteiger partial charge on any atom is 0.330 e. The molecule has 2 aliphatic heterocycles. The van der Waals surface area contributed by atoms with Crippen molar-refractivity contribution < 1.29 is 53.5 Å². The number of nitrogens with two attached hydrogens (primary N) is 1. The number of carbonyl (C=O) groups is 2. The van der Waals surface area contributed by atoms with E-state index in [0.29, 0.717) is 67.4 Å². The molecule has 8 rings (SSSR count). The van der Waals surface area contributed by atoms with Gasteiger partial charge in [-0.3, -0.25) is 8.61 Å². The van der Waals surface area contributed by atoms with Crippen molar-refractivity contribution >= 4 is 76.9 Å². The van der Waals surface area contributed by atoms with Crippen molar-refractivity contribution in [2.45, 2.75) is 114 Å². The normalized spacial score (nSPS) is 15.2. The minimum atomic E-state index is -4.12. The highest BCUT2D eigenvalue weighted by atomic mass is 32.2. The van der Waals surface area contributed by atoms with Crippen LogP contribution in [0.15, 0.2) is 94.7 Å². The van der Waals surface area contributed by atoms with Crippen molar-refractivity contribution in [2.75, 3.05) is 59.8 Å². The number of imide groups is 1. The number of imidazole rings is 2. The van der Waals surface area contributed by atoms with E-state index in [0.717, 1.165) is 53.0 Å². The second kappa shape index (κ2) is 23.0. The summed E-state index contributed by atoms with van der Waals surface area (Å²) >= 11 is 0. The van der Waals surface area contributed by atoms with Crippen LogP contribution in [0.1, 0.15) is 78.9 Å². The average Bonchev–Trinajstić information content (AvgIpc) is 3.92. The Morgan fingerprint density at radius 1 is 0.618 bits per heavy atom. The molecule has 18 nitrogen and oxygen atoms in total. The number of amides is 4. The Morgan fingerprint density at radius 3 is 1.30 bits per heavy atom. The average molecular weight is 1100 g/mol. The molecule has 2 saturated heterocycles. The molecule has 76 heavy (non-hydrogen) atoms. The van der Waals surface area contributed by atoms with Crippen LogP contribution in [-0.4, -0.2) is 101 Å². The molecule has 6 aromatic rings. The summed E-state index contributed by atoms with van der Waals surface area (Å²) in [6.07, 6.45) is 3.12. The van der Waals surface area contributed by atoms with E-state index in [1.54, 1.807) is 56.5 Å². The first-order valence-electron chi connectivity index (χ1n) is 24.9. The largest absolute Gasteiger partial charge is 0.399 e. The number of anilines is 4. The smallest absolute Gasteiger partial charge is 0.330 e. The first-order valence-corrected chi connectivity index (χ1v) is 27.8. The van der Waals surface area contributed by atoms with Gasteiger partial charge in [-0.25, -0.2) is 41.3 Å². The Morgan fingerprint density at radius 2 is 0.961 bits per heavy atom. The molecule has 24 heteroatoms. The zero-order valence-corrected chi connectivity index (χ0v) is 45.4. The molecule has 0 spiro atoms. The van der Waals surface area contributed by atoms with Crippen LogP contribution in [0, 0.1) is 11.8 Å². The fraction of sp³-hybridized carbons (Fsp3) is 0.462. The first-order chi connectivity index (χ1) is 35.7. The third kappa shape index (κ3) is 13.0. The standard InChI is InChI=1S/C30H40F2N6O5S.C22H26F2N4O3S/c1-19(2)33-28(39)38(29(40)34-20(3)4)22-7-10-24(11-8-22)44(41,42)36(6)23-9-12-26-25(17-23)35-27(30(5,31)32)37(26)18-21-13-15-43-16-14-21;1-22(23,24)21-26-19-13-17(27(2)32(29,30)18-6-3-16(25)4-7-18)5-8-20(19)28(21)14-15-9-11-31-12-10-15/h7-12,17,19-21H,13-16,18H2,1-6H3,(H,33,39)(H,34,40);3-8,13,15H,9-12,14,25H2,1-2H3. The number of hydrogen-bond donors (Lipinski definition) is 3. The molecule has 4 heterocycles. The van der Waals surface area contributed by atoms with E-state index in [4.69, 9.17) is 15.2 Å². The van der Waals surface area contributed by atoms with Gasteiger partial charge < -0.3 is 35.0 Å². The highest BCUT2D eigenvalue weighted by molar-refractivity contribution is 7.93. The van der Waals surface area contributed by atoms with Crippen LogP contribution in [0.3, 0.4) is 0 Å². The highest BCUT2D eigenvalue weighted by Gasteiger charge is 2.36. The summed E-state index contributed by atoms with van der Waals surface area (Å²) in [5, 5.41) is 5.34. The fourth-order valence-electron chi connectivity index (χ4n) is 8.99. The third-order valence-corrected chi connectivity index (χ3v) is 16.7. The second-order valence-corrected chi connectivity index (χ2v) is 23.8. The number of rotatable bonds is 15. The summed E-state index contributed by atoms with van der Waals surface area (Å²) in [4.78, 5) is 35.0. The summed E-state index contributed by atoms with van der Waals surface area (Å²) in [5.41, 5.74) is 8.47. The predicted molar refractivity (Wildman–Crippen MR) is 284 cm³/mol. The summed E-state index contributed by atoms with van der Waals surface area (Å²) in [6.45, 7) is 11.8. The molecule has 0 atom stereocenters. The van der Waals surface area contributed by atoms with Crippen LogP contribution in [0.4, 0.5) is 49.9 Å². The minimum Gasteiger partial charge on any atom is -0.399 e. The van der Waals surface area contributed by atoms with Crippen LogP contribution in [0.2, 0.25) is 0 Å². The number of benzene rings is 4. The second-order valence-electron chi connectivity index (χ2n) is 19.9. The van der Waals surface area contributed by atoms with Gasteiger partial charge in [0, 0.05) is 85.2 Å². The third-order valence-electron chi connectivity index (χ3n) is 13.1. The molecule has 4 amide bonds. The minimum absolute atomic E-state index is 0.0834. The lowest BCUT2D eigenvalue weighted by atomic mass is 10.00. The van der Waals surface area contributed by atoms with E-state index in [-0.39, 0.29) is 62.3 Å². The van der Waals surface area contributed by atoms with Gasteiger partial charge in [0.15, 0.2) is 11.6 Å². The van der Waals surface area contributed by atoms with Gasteiger partial charge in [0.25, 0.3) is 20.0 Å². The number of sulfonamides is 2. The van der Waals surface area contributed by atoms with Gasteiger partial charge in [0.05, 0.1) is 48.9 Å². The lowest BCUT2D eigenvalue weighted by molar-refractivity contribution is 0.00156. The van der Waals surface area contributed by atoms with Crippen molar-refractivity contribution in [3.8, 4) is 0 Å². The number of nitrogens with one attached hydrogen (secondary N) is 2. The number of alkyl halides is 4. The van der Waals surface area contributed by atoms with Gasteiger partial charge in [0.2, 0.25) is 0 Å². The molecule has 0 bridgehead atoms. The van der Waals surface area contributed by atoms with Crippen LogP contribution in [-0.2, 0) is 54.5 Å². The number of urea groups is 2. The molecule has 2 aliphatic rings. The SMILES string of the molecule is CC(C)NC(=O)N(C(=O)NC(C)C)c1ccc(S(=O)(=O)N(C)c2ccc3c(c2)nc(C(C)(F)F)n3CC2CCOCC2)cc1.CN(c1ccc2c(c1)nc(C(C)(F)F)n2CC1CCOCC1)S(=O)(=O)c1ccc(N)cc1. The maximum absolute atomic E-state index is 14.6. The molecule has 0 saturated carbocycles. The Bertz CT molecular complexity index is 3220. The van der Waals surface area contributed by atoms with Crippen molar-refractivity contribution in [1.82, 2.24) is 29.7 Å². The Kier molecular flexibility index (Phi) is 17.3. The van der Waals surface area contributed by atoms with Gasteiger partial charge in [-0.15, -0.1) is 0 Å². The van der Waals surface area contributed by atoms with Gasteiger partial charge in [-0.05, 0) is 150 Å². The Labute approximate surface area is 440 Å². The zero-order valence-electron chi connectivity index (χ0n) is 43.8. The van der Waals surface area contributed by atoms with Crippen LogP contribution < -0.4 is 29.9 Å². The molecule has 0 aliphatic carbocycles. The molecule has 412 valence electrons. The number of hydrogen-bond acceptors (Lipinski definition) is 11. The number of carbonyl (C=O) groups excluding carboxylic acids is 2.